The number of aromatic nitrogens is 2. The van der Waals surface area contributed by atoms with Crippen LogP contribution in [0.3, 0.4) is 0 Å². The van der Waals surface area contributed by atoms with Crippen molar-refractivity contribution in [2.45, 2.75) is 32.7 Å². The number of anilines is 1. The molecule has 0 spiro atoms. The zero-order valence-electron chi connectivity index (χ0n) is 21.2. The number of carboxylic acid groups (broad SMARTS) is 1. The third-order valence-electron chi connectivity index (χ3n) is 7.32. The quantitative estimate of drug-likeness (QED) is 0.345. The number of hydrogen-bond acceptors (Lipinski definition) is 5. The van der Waals surface area contributed by atoms with Crippen molar-refractivity contribution in [1.29, 1.82) is 0 Å². The molecule has 190 valence electrons. The molecule has 0 aliphatic carbocycles. The van der Waals surface area contributed by atoms with Crippen LogP contribution in [0.2, 0.25) is 0 Å². The minimum atomic E-state index is -1.03. The Balaban J connectivity index is 1.56. The molecule has 4 aromatic rings. The minimum Gasteiger partial charge on any atom is -0.478 e. The number of likely N-dealkylation sites (tertiary alicyclic amines) is 1. The number of hydrogen-bond donors (Lipinski definition) is 2. The number of benzene rings is 3. The van der Waals surface area contributed by atoms with E-state index in [2.05, 4.69) is 52.5 Å². The normalized spacial score (nSPS) is 15.5. The molecule has 0 bridgehead atoms. The zero-order valence-corrected chi connectivity index (χ0v) is 21.2. The van der Waals surface area contributed by atoms with E-state index >= 15 is 0 Å². The average Bonchev–Trinajstić information content (AvgIpc) is 3.41. The first-order valence-electron chi connectivity index (χ1n) is 12.8. The van der Waals surface area contributed by atoms with Crippen molar-refractivity contribution in [2.24, 2.45) is 5.92 Å². The Bertz CT molecular complexity index is 1480. The second-order valence-electron chi connectivity index (χ2n) is 9.93. The van der Waals surface area contributed by atoms with Gasteiger partial charge in [0.15, 0.2) is 5.82 Å². The Kier molecular flexibility index (Phi) is 7.06. The number of nitrogens with zero attached hydrogens (tertiary/aromatic N) is 3. The smallest absolute Gasteiger partial charge is 0.335 e. The summed E-state index contributed by atoms with van der Waals surface area (Å²) in [6.45, 7) is 7.20. The van der Waals surface area contributed by atoms with E-state index in [4.69, 9.17) is 0 Å². The molecule has 1 aliphatic rings. The highest BCUT2D eigenvalue weighted by Gasteiger charge is 2.26. The lowest BCUT2D eigenvalue weighted by molar-refractivity contribution is 0.0697. The van der Waals surface area contributed by atoms with Crippen LogP contribution in [0.25, 0.3) is 16.5 Å². The van der Waals surface area contributed by atoms with Gasteiger partial charge in [0.2, 0.25) is 0 Å². The fourth-order valence-corrected chi connectivity index (χ4v) is 5.38. The van der Waals surface area contributed by atoms with Crippen molar-refractivity contribution in [2.75, 3.05) is 25.0 Å². The average molecular weight is 497 g/mol. The van der Waals surface area contributed by atoms with Gasteiger partial charge in [-0.2, -0.15) is 0 Å². The van der Waals surface area contributed by atoms with Crippen molar-refractivity contribution in [3.8, 4) is 5.69 Å². The molecule has 5 rings (SSSR count). The summed E-state index contributed by atoms with van der Waals surface area (Å²) in [5, 5.41) is 15.3. The molecule has 37 heavy (non-hydrogen) atoms. The van der Waals surface area contributed by atoms with Crippen LogP contribution in [0.1, 0.15) is 47.3 Å². The largest absolute Gasteiger partial charge is 0.478 e. The standard InChI is InChI=1S/C30H32N4O3/c1-20-12-13-23(30(36)37)18-26(20)34-17-14-31-28(29(34)35)32-27(21(2)19-33-15-5-6-16-33)25-11-7-9-22-8-3-4-10-24(22)25/h3-4,7-14,17-18,21,27H,5-6,15-16,19H2,1-2H3,(H,31,32)(H,36,37)/t21-,27+/m0/s1. The summed E-state index contributed by atoms with van der Waals surface area (Å²) < 4.78 is 1.47. The molecule has 0 amide bonds. The molecular weight excluding hydrogens is 464 g/mol. The van der Waals surface area contributed by atoms with E-state index in [1.807, 2.05) is 19.1 Å². The highest BCUT2D eigenvalue weighted by Crippen LogP contribution is 2.32. The molecule has 1 fully saturated rings. The van der Waals surface area contributed by atoms with Crippen molar-refractivity contribution in [1.82, 2.24) is 14.5 Å². The van der Waals surface area contributed by atoms with Gasteiger partial charge in [0, 0.05) is 18.9 Å². The Morgan fingerprint density at radius 3 is 2.62 bits per heavy atom. The fourth-order valence-electron chi connectivity index (χ4n) is 5.38. The van der Waals surface area contributed by atoms with Gasteiger partial charge in [-0.3, -0.25) is 9.36 Å². The monoisotopic (exact) mass is 496 g/mol. The molecule has 0 radical (unpaired) electrons. The van der Waals surface area contributed by atoms with E-state index in [-0.39, 0.29) is 28.9 Å². The van der Waals surface area contributed by atoms with Crippen molar-refractivity contribution in [3.05, 3.63) is 100 Å². The van der Waals surface area contributed by atoms with E-state index < -0.39 is 5.97 Å². The van der Waals surface area contributed by atoms with Crippen LogP contribution in [0, 0.1) is 12.8 Å². The van der Waals surface area contributed by atoms with Crippen LogP contribution < -0.4 is 10.9 Å². The van der Waals surface area contributed by atoms with Crippen LogP contribution >= 0.6 is 0 Å². The maximum Gasteiger partial charge on any atom is 0.335 e. The summed E-state index contributed by atoms with van der Waals surface area (Å²) in [6, 6.07) is 19.2. The fraction of sp³-hybridized carbons (Fsp3) is 0.300. The zero-order chi connectivity index (χ0) is 25.9. The number of carboxylic acids is 1. The van der Waals surface area contributed by atoms with Gasteiger partial charge in [-0.1, -0.05) is 55.5 Å². The maximum absolute atomic E-state index is 13.7. The summed E-state index contributed by atoms with van der Waals surface area (Å²) in [5.74, 6) is -0.585. The molecule has 2 atom stereocenters. The van der Waals surface area contributed by atoms with Crippen LogP contribution in [0.5, 0.6) is 0 Å². The molecule has 1 aliphatic heterocycles. The van der Waals surface area contributed by atoms with Gasteiger partial charge in [0.05, 0.1) is 17.3 Å². The molecule has 7 nitrogen and oxygen atoms in total. The molecule has 0 saturated carbocycles. The van der Waals surface area contributed by atoms with Gasteiger partial charge in [-0.15, -0.1) is 0 Å². The van der Waals surface area contributed by atoms with E-state index in [1.165, 1.54) is 23.5 Å². The summed E-state index contributed by atoms with van der Waals surface area (Å²) in [7, 11) is 0. The molecule has 1 saturated heterocycles. The van der Waals surface area contributed by atoms with Crippen LogP contribution in [0.15, 0.2) is 77.9 Å². The predicted octanol–water partition coefficient (Wildman–Crippen LogP) is 5.28. The van der Waals surface area contributed by atoms with E-state index in [9.17, 15) is 14.7 Å². The lowest BCUT2D eigenvalue weighted by Crippen LogP contribution is -2.33. The molecule has 3 aromatic carbocycles. The lowest BCUT2D eigenvalue weighted by atomic mass is 9.90. The molecule has 2 N–H and O–H groups in total. The maximum atomic E-state index is 13.7. The Morgan fingerprint density at radius 2 is 1.84 bits per heavy atom. The summed E-state index contributed by atoms with van der Waals surface area (Å²) in [5.41, 5.74) is 2.28. The summed E-state index contributed by atoms with van der Waals surface area (Å²) >= 11 is 0. The van der Waals surface area contributed by atoms with Gasteiger partial charge in [0.25, 0.3) is 5.56 Å². The Morgan fingerprint density at radius 1 is 1.08 bits per heavy atom. The number of nitrogens with one attached hydrogen (secondary N) is 1. The molecule has 1 aromatic heterocycles. The van der Waals surface area contributed by atoms with Gasteiger partial charge in [-0.25, -0.2) is 9.78 Å². The lowest BCUT2D eigenvalue weighted by Gasteiger charge is -2.30. The number of rotatable bonds is 8. The van der Waals surface area contributed by atoms with Gasteiger partial charge in [-0.05, 0) is 72.8 Å². The van der Waals surface area contributed by atoms with Crippen LogP contribution in [-0.4, -0.2) is 45.2 Å². The Hall–Kier alpha value is -3.97. The number of aromatic carboxylic acids is 1. The van der Waals surface area contributed by atoms with E-state index in [0.29, 0.717) is 5.69 Å². The summed E-state index contributed by atoms with van der Waals surface area (Å²) in [4.78, 5) is 32.2. The molecule has 7 heteroatoms. The molecular formula is C30H32N4O3. The van der Waals surface area contributed by atoms with Crippen molar-refractivity contribution >= 4 is 22.6 Å². The number of carbonyl (C=O) groups is 1. The Labute approximate surface area is 216 Å². The first-order chi connectivity index (χ1) is 17.9. The van der Waals surface area contributed by atoms with E-state index in [1.54, 1.807) is 24.5 Å². The number of aryl methyl sites for hydroxylation is 1. The highest BCUT2D eigenvalue weighted by atomic mass is 16.4. The second-order valence-corrected chi connectivity index (χ2v) is 9.93. The predicted molar refractivity (Wildman–Crippen MR) is 147 cm³/mol. The molecule has 2 heterocycles. The van der Waals surface area contributed by atoms with Gasteiger partial charge >= 0.3 is 5.97 Å². The molecule has 0 unspecified atom stereocenters. The van der Waals surface area contributed by atoms with Crippen LogP contribution in [0.4, 0.5) is 5.82 Å². The van der Waals surface area contributed by atoms with E-state index in [0.717, 1.165) is 41.5 Å². The van der Waals surface area contributed by atoms with Gasteiger partial charge < -0.3 is 15.3 Å². The topological polar surface area (TPSA) is 87.5 Å². The van der Waals surface area contributed by atoms with Gasteiger partial charge in [0.1, 0.15) is 0 Å². The second kappa shape index (κ2) is 10.6. The third kappa shape index (κ3) is 5.13. The van der Waals surface area contributed by atoms with Crippen LogP contribution in [-0.2, 0) is 0 Å². The third-order valence-corrected chi connectivity index (χ3v) is 7.32. The first-order valence-corrected chi connectivity index (χ1v) is 12.8. The SMILES string of the molecule is Cc1ccc(C(=O)O)cc1-n1ccnc(N[C@@H](c2cccc3ccccc23)[C@@H](C)CN2CCCC2)c1=O. The van der Waals surface area contributed by atoms with Crippen molar-refractivity contribution in [3.63, 3.8) is 0 Å². The first kappa shape index (κ1) is 24.7. The summed E-state index contributed by atoms with van der Waals surface area (Å²) in [6.07, 6.45) is 5.61. The minimum absolute atomic E-state index is 0.131. The highest BCUT2D eigenvalue weighted by molar-refractivity contribution is 5.88. The number of fused-ring (bicyclic) bond motifs is 1. The van der Waals surface area contributed by atoms with Crippen molar-refractivity contribution < 1.29 is 9.90 Å².